The molecule has 5 nitrogen and oxygen atoms in total. The first kappa shape index (κ1) is 16.3. The number of thiocarbonyl (C=S) groups is 2. The van der Waals surface area contributed by atoms with E-state index < -0.39 is 0 Å². The van der Waals surface area contributed by atoms with E-state index in [1.54, 1.807) is 9.80 Å². The number of fused-ring (bicyclic) bond motifs is 2. The van der Waals surface area contributed by atoms with Crippen LogP contribution in [0.2, 0.25) is 0 Å². The normalized spacial score (nSPS) is 22.0. The summed E-state index contributed by atoms with van der Waals surface area (Å²) in [5, 5.41) is 0.739. The van der Waals surface area contributed by atoms with E-state index in [1.807, 2.05) is 62.6 Å². The topological polar surface area (TPSA) is 34.2 Å². The zero-order valence-electron chi connectivity index (χ0n) is 13.7. The first-order valence-corrected chi connectivity index (χ1v) is 8.60. The fraction of sp³-hybridized carbons (Fsp3) is 0.222. The van der Waals surface area contributed by atoms with E-state index in [1.165, 1.54) is 0 Å². The van der Waals surface area contributed by atoms with E-state index in [9.17, 15) is 0 Å². The Labute approximate surface area is 156 Å². The SMILES string of the molecule is CN1C(=S)Oc2ccccc2[C@@H]1O[C@H]1c2ccccc2OC(=S)N1C. The lowest BCUT2D eigenvalue weighted by molar-refractivity contribution is -0.127. The Kier molecular flexibility index (Phi) is 4.07. The molecule has 0 fully saturated rings. The van der Waals surface area contributed by atoms with Crippen LogP contribution in [0.4, 0.5) is 0 Å². The van der Waals surface area contributed by atoms with Gasteiger partial charge >= 0.3 is 0 Å². The zero-order chi connectivity index (χ0) is 17.6. The van der Waals surface area contributed by atoms with Gasteiger partial charge in [-0.15, -0.1) is 0 Å². The van der Waals surface area contributed by atoms with Crippen LogP contribution in [-0.4, -0.2) is 34.2 Å². The summed E-state index contributed by atoms with van der Waals surface area (Å²) in [6.45, 7) is 0. The lowest BCUT2D eigenvalue weighted by atomic mass is 10.1. The number of nitrogens with zero attached hydrogens (tertiary/aromatic N) is 2. The Hall–Kier alpha value is -2.22. The molecule has 0 saturated heterocycles. The maximum atomic E-state index is 6.47. The predicted molar refractivity (Wildman–Crippen MR) is 101 cm³/mol. The largest absolute Gasteiger partial charge is 0.431 e. The zero-order valence-corrected chi connectivity index (χ0v) is 15.3. The van der Waals surface area contributed by atoms with Gasteiger partial charge in [-0.2, -0.15) is 0 Å². The molecule has 0 aromatic heterocycles. The summed E-state index contributed by atoms with van der Waals surface area (Å²) in [6.07, 6.45) is -0.780. The second-order valence-corrected chi connectivity index (χ2v) is 6.57. The smallest absolute Gasteiger partial charge is 0.266 e. The van der Waals surface area contributed by atoms with Crippen LogP contribution >= 0.6 is 24.4 Å². The fourth-order valence-electron chi connectivity index (χ4n) is 2.95. The van der Waals surface area contributed by atoms with Crippen molar-refractivity contribution in [2.45, 2.75) is 12.5 Å². The van der Waals surface area contributed by atoms with E-state index in [0.29, 0.717) is 21.8 Å². The molecular formula is C18H16N2O3S2. The maximum Gasteiger partial charge on any atom is 0.266 e. The van der Waals surface area contributed by atoms with E-state index >= 15 is 0 Å². The minimum Gasteiger partial charge on any atom is -0.431 e. The van der Waals surface area contributed by atoms with Crippen molar-refractivity contribution in [3.8, 4) is 11.5 Å². The van der Waals surface area contributed by atoms with Crippen molar-refractivity contribution in [1.82, 2.24) is 9.80 Å². The highest BCUT2D eigenvalue weighted by Crippen LogP contribution is 2.42. The third-order valence-electron chi connectivity index (χ3n) is 4.30. The lowest BCUT2D eigenvalue weighted by Crippen LogP contribution is -2.44. The molecule has 0 aliphatic carbocycles. The number of para-hydroxylation sites is 2. The Bertz CT molecular complexity index is 788. The van der Waals surface area contributed by atoms with Crippen LogP contribution in [0.15, 0.2) is 48.5 Å². The Morgan fingerprint density at radius 2 is 1.16 bits per heavy atom. The minimum absolute atomic E-state index is 0.370. The number of hydrogen-bond donors (Lipinski definition) is 0. The van der Waals surface area contributed by atoms with Gasteiger partial charge in [-0.1, -0.05) is 36.4 Å². The van der Waals surface area contributed by atoms with Crippen molar-refractivity contribution in [3.05, 3.63) is 59.7 Å². The first-order chi connectivity index (χ1) is 12.1. The summed E-state index contributed by atoms with van der Waals surface area (Å²) < 4.78 is 17.9. The molecule has 0 N–H and O–H groups in total. The van der Waals surface area contributed by atoms with E-state index in [2.05, 4.69) is 0 Å². The monoisotopic (exact) mass is 372 g/mol. The molecule has 0 unspecified atom stereocenters. The van der Waals surface area contributed by atoms with Crippen LogP contribution in [-0.2, 0) is 4.74 Å². The second-order valence-electron chi connectivity index (χ2n) is 5.87. The molecule has 0 spiro atoms. The fourth-order valence-corrected chi connectivity index (χ4v) is 3.32. The highest BCUT2D eigenvalue weighted by Gasteiger charge is 2.37. The van der Waals surface area contributed by atoms with Gasteiger partial charge in [0.25, 0.3) is 10.3 Å². The van der Waals surface area contributed by atoms with Gasteiger partial charge in [-0.3, -0.25) is 0 Å². The van der Waals surface area contributed by atoms with Gasteiger partial charge in [0, 0.05) is 25.2 Å². The molecule has 7 heteroatoms. The van der Waals surface area contributed by atoms with E-state index in [4.69, 9.17) is 38.6 Å². The summed E-state index contributed by atoms with van der Waals surface area (Å²) in [6, 6.07) is 15.4. The van der Waals surface area contributed by atoms with Crippen molar-refractivity contribution < 1.29 is 14.2 Å². The van der Waals surface area contributed by atoms with Gasteiger partial charge in [0.2, 0.25) is 0 Å². The molecule has 0 saturated carbocycles. The summed E-state index contributed by atoms with van der Waals surface area (Å²) >= 11 is 10.7. The van der Waals surface area contributed by atoms with Gasteiger partial charge < -0.3 is 24.0 Å². The number of rotatable bonds is 2. The highest BCUT2D eigenvalue weighted by molar-refractivity contribution is 7.80. The van der Waals surface area contributed by atoms with Crippen LogP contribution in [0.3, 0.4) is 0 Å². The standard InChI is InChI=1S/C18H16N2O3S2/c1-19-15(11-7-3-5-9-13(11)21-17(19)24)23-16-12-8-4-6-10-14(12)22-18(25)20(16)2/h3-10,15-16H,1-2H3/t15-,16-/m0/s1. The van der Waals surface area contributed by atoms with Crippen molar-refractivity contribution in [2.24, 2.45) is 0 Å². The van der Waals surface area contributed by atoms with Gasteiger partial charge in [0.15, 0.2) is 12.5 Å². The number of hydrogen-bond acceptors (Lipinski definition) is 5. The Balaban J connectivity index is 1.74. The highest BCUT2D eigenvalue weighted by atomic mass is 32.1. The molecule has 2 atom stereocenters. The molecule has 4 rings (SSSR count). The lowest BCUT2D eigenvalue weighted by Gasteiger charge is -2.41. The third-order valence-corrected chi connectivity index (χ3v) is 5.04. The Morgan fingerprint density at radius 3 is 1.60 bits per heavy atom. The summed E-state index contributed by atoms with van der Waals surface area (Å²) in [7, 11) is 3.71. The second kappa shape index (κ2) is 6.25. The molecular weight excluding hydrogens is 356 g/mol. The summed E-state index contributed by atoms with van der Waals surface area (Å²) in [5.74, 6) is 1.42. The average molecular weight is 372 g/mol. The van der Waals surface area contributed by atoms with Gasteiger partial charge in [-0.05, 0) is 36.6 Å². The predicted octanol–water partition coefficient (Wildman–Crippen LogP) is 3.62. The van der Waals surface area contributed by atoms with Gasteiger partial charge in [-0.25, -0.2) is 0 Å². The maximum absolute atomic E-state index is 6.47. The molecule has 0 radical (unpaired) electrons. The summed E-state index contributed by atoms with van der Waals surface area (Å²) in [5.41, 5.74) is 1.84. The molecule has 2 aliphatic heterocycles. The van der Waals surface area contributed by atoms with E-state index in [0.717, 1.165) is 11.1 Å². The molecule has 2 heterocycles. The van der Waals surface area contributed by atoms with Crippen LogP contribution in [0.1, 0.15) is 23.6 Å². The van der Waals surface area contributed by atoms with Gasteiger partial charge in [0.1, 0.15) is 11.5 Å². The van der Waals surface area contributed by atoms with Crippen molar-refractivity contribution in [3.63, 3.8) is 0 Å². The minimum atomic E-state index is -0.390. The Morgan fingerprint density at radius 1 is 0.760 bits per heavy atom. The van der Waals surface area contributed by atoms with Crippen LogP contribution < -0.4 is 9.47 Å². The average Bonchev–Trinajstić information content (AvgIpc) is 2.62. The number of benzene rings is 2. The van der Waals surface area contributed by atoms with Crippen molar-refractivity contribution in [1.29, 1.82) is 0 Å². The van der Waals surface area contributed by atoms with Crippen molar-refractivity contribution >= 4 is 34.8 Å². The quantitative estimate of drug-likeness (QED) is 0.745. The molecule has 128 valence electrons. The van der Waals surface area contributed by atoms with Crippen LogP contribution in [0.5, 0.6) is 11.5 Å². The van der Waals surface area contributed by atoms with Crippen LogP contribution in [0, 0.1) is 0 Å². The molecule has 2 aromatic rings. The molecule has 2 aliphatic rings. The molecule has 0 bridgehead atoms. The molecule has 0 amide bonds. The molecule has 2 aromatic carbocycles. The first-order valence-electron chi connectivity index (χ1n) is 7.79. The van der Waals surface area contributed by atoms with Crippen LogP contribution in [0.25, 0.3) is 0 Å². The number of ether oxygens (including phenoxy) is 3. The third kappa shape index (κ3) is 2.74. The van der Waals surface area contributed by atoms with Gasteiger partial charge in [0.05, 0.1) is 0 Å². The molecule has 25 heavy (non-hydrogen) atoms. The summed E-state index contributed by atoms with van der Waals surface area (Å²) in [4.78, 5) is 3.60. The van der Waals surface area contributed by atoms with Crippen molar-refractivity contribution in [2.75, 3.05) is 14.1 Å². The van der Waals surface area contributed by atoms with E-state index in [-0.39, 0.29) is 12.5 Å².